The number of nitrogens with zero attached hydrogens (tertiary/aromatic N) is 2. The average molecular weight is 423 g/mol. The zero-order chi connectivity index (χ0) is 20.9. The van der Waals surface area contributed by atoms with E-state index in [1.165, 1.54) is 11.3 Å². The number of likely N-dealkylation sites (N-methyl/N-ethyl adjacent to an activating group) is 1. The molecule has 0 unspecified atom stereocenters. The van der Waals surface area contributed by atoms with Crippen LogP contribution in [0.5, 0.6) is 0 Å². The van der Waals surface area contributed by atoms with E-state index in [9.17, 15) is 4.79 Å². The first-order valence-electron chi connectivity index (χ1n) is 10.5. The summed E-state index contributed by atoms with van der Waals surface area (Å²) in [6.07, 6.45) is 1.64. The van der Waals surface area contributed by atoms with Crippen LogP contribution in [-0.4, -0.2) is 50.7 Å². The molecule has 1 aliphatic rings. The van der Waals surface area contributed by atoms with Crippen molar-refractivity contribution < 1.29 is 9.53 Å². The topological polar surface area (TPSA) is 32.8 Å². The van der Waals surface area contributed by atoms with Crippen LogP contribution in [0.3, 0.4) is 0 Å². The van der Waals surface area contributed by atoms with E-state index in [1.54, 1.807) is 0 Å². The Bertz CT molecular complexity index is 1010. The summed E-state index contributed by atoms with van der Waals surface area (Å²) in [7, 11) is 2.15. The third-order valence-electron chi connectivity index (χ3n) is 5.69. The Morgan fingerprint density at radius 2 is 1.77 bits per heavy atom. The number of fused-ring (bicyclic) bond motifs is 1. The minimum absolute atomic E-state index is 0.263. The number of hydrogen-bond acceptors (Lipinski definition) is 4. The first kappa shape index (κ1) is 20.7. The molecule has 156 valence electrons. The van der Waals surface area contributed by atoms with Crippen molar-refractivity contribution in [2.75, 3.05) is 44.7 Å². The maximum absolute atomic E-state index is 12.6. The van der Waals surface area contributed by atoms with Crippen LogP contribution < -0.4 is 4.90 Å². The molecule has 1 saturated heterocycles. The zero-order valence-electron chi connectivity index (χ0n) is 17.3. The molecule has 0 aromatic heterocycles. The molecule has 4 nitrogen and oxygen atoms in total. The molecule has 0 saturated carbocycles. The Balaban J connectivity index is 1.41. The maximum atomic E-state index is 12.6. The molecule has 3 aromatic rings. The number of carbonyl (C=O) groups is 1. The van der Waals surface area contributed by atoms with Crippen LogP contribution in [0.4, 0.5) is 5.69 Å². The monoisotopic (exact) mass is 422 g/mol. The SMILES string of the molecule is CN1CCN(c2cccc3ccc(C(=O)OCCCc4ccc(Cl)cc4)cc23)CC1. The summed E-state index contributed by atoms with van der Waals surface area (Å²) in [5, 5.41) is 2.99. The van der Waals surface area contributed by atoms with Gasteiger partial charge in [-0.2, -0.15) is 0 Å². The van der Waals surface area contributed by atoms with E-state index < -0.39 is 0 Å². The first-order valence-corrected chi connectivity index (χ1v) is 10.9. The van der Waals surface area contributed by atoms with E-state index in [0.29, 0.717) is 12.2 Å². The number of piperazine rings is 1. The predicted octanol–water partition coefficient (Wildman–Crippen LogP) is 5.03. The van der Waals surface area contributed by atoms with Gasteiger partial charge in [-0.15, -0.1) is 0 Å². The summed E-state index contributed by atoms with van der Waals surface area (Å²) < 4.78 is 5.54. The average Bonchev–Trinajstić information content (AvgIpc) is 2.77. The summed E-state index contributed by atoms with van der Waals surface area (Å²) in [6, 6.07) is 20.0. The van der Waals surface area contributed by atoms with Gasteiger partial charge in [-0.25, -0.2) is 4.79 Å². The minimum atomic E-state index is -0.263. The number of anilines is 1. The number of hydrogen-bond donors (Lipinski definition) is 0. The lowest BCUT2D eigenvalue weighted by atomic mass is 10.0. The summed E-state index contributed by atoms with van der Waals surface area (Å²) in [5.41, 5.74) is 2.99. The summed E-state index contributed by atoms with van der Waals surface area (Å²) >= 11 is 5.92. The fourth-order valence-corrected chi connectivity index (χ4v) is 4.01. The van der Waals surface area contributed by atoms with Gasteiger partial charge in [0.1, 0.15) is 0 Å². The molecule has 0 amide bonds. The summed E-state index contributed by atoms with van der Waals surface area (Å²) in [4.78, 5) is 17.4. The molecule has 4 rings (SSSR count). The van der Waals surface area contributed by atoms with Gasteiger partial charge in [0.05, 0.1) is 12.2 Å². The molecule has 1 aliphatic heterocycles. The van der Waals surface area contributed by atoms with Crippen LogP contribution in [-0.2, 0) is 11.2 Å². The number of esters is 1. The molecule has 0 N–H and O–H groups in total. The zero-order valence-corrected chi connectivity index (χ0v) is 18.1. The minimum Gasteiger partial charge on any atom is -0.462 e. The van der Waals surface area contributed by atoms with E-state index in [0.717, 1.165) is 54.8 Å². The Kier molecular flexibility index (Phi) is 6.56. The predicted molar refractivity (Wildman–Crippen MR) is 124 cm³/mol. The third-order valence-corrected chi connectivity index (χ3v) is 5.95. The molecule has 5 heteroatoms. The number of aryl methyl sites for hydroxylation is 1. The van der Waals surface area contributed by atoms with Crippen LogP contribution in [0.2, 0.25) is 5.02 Å². The lowest BCUT2D eigenvalue weighted by molar-refractivity contribution is 0.0501. The number of ether oxygens (including phenoxy) is 1. The Labute approximate surface area is 183 Å². The number of carbonyl (C=O) groups excluding carboxylic acids is 1. The van der Waals surface area contributed by atoms with Gasteiger partial charge >= 0.3 is 5.97 Å². The number of halogens is 1. The molecule has 1 heterocycles. The van der Waals surface area contributed by atoms with Crippen molar-refractivity contribution in [3.05, 3.63) is 76.8 Å². The Morgan fingerprint density at radius 3 is 2.53 bits per heavy atom. The van der Waals surface area contributed by atoms with Gasteiger partial charge in [0, 0.05) is 42.3 Å². The summed E-state index contributed by atoms with van der Waals surface area (Å²) in [5.74, 6) is -0.263. The molecule has 30 heavy (non-hydrogen) atoms. The van der Waals surface area contributed by atoms with Crippen LogP contribution in [0.1, 0.15) is 22.3 Å². The van der Waals surface area contributed by atoms with E-state index in [-0.39, 0.29) is 5.97 Å². The van der Waals surface area contributed by atoms with E-state index in [1.807, 2.05) is 42.5 Å². The van der Waals surface area contributed by atoms with Gasteiger partial charge in [-0.05, 0) is 61.2 Å². The Hall–Kier alpha value is -2.56. The van der Waals surface area contributed by atoms with Gasteiger partial charge in [-0.1, -0.05) is 41.9 Å². The molecular formula is C25H27ClN2O2. The highest BCUT2D eigenvalue weighted by atomic mass is 35.5. The fraction of sp³-hybridized carbons (Fsp3) is 0.320. The van der Waals surface area contributed by atoms with Gasteiger partial charge < -0.3 is 14.5 Å². The summed E-state index contributed by atoms with van der Waals surface area (Å²) in [6.45, 7) is 4.49. The van der Waals surface area contributed by atoms with Crippen molar-refractivity contribution in [2.24, 2.45) is 0 Å². The molecule has 0 aliphatic carbocycles. The highest BCUT2D eigenvalue weighted by molar-refractivity contribution is 6.30. The third kappa shape index (κ3) is 4.94. The Morgan fingerprint density at radius 1 is 1.00 bits per heavy atom. The van der Waals surface area contributed by atoms with Gasteiger partial charge in [0.2, 0.25) is 0 Å². The lowest BCUT2D eigenvalue weighted by Crippen LogP contribution is -2.44. The quantitative estimate of drug-likeness (QED) is 0.411. The van der Waals surface area contributed by atoms with Crippen LogP contribution >= 0.6 is 11.6 Å². The molecule has 0 radical (unpaired) electrons. The molecular weight excluding hydrogens is 396 g/mol. The normalized spacial score (nSPS) is 14.8. The van der Waals surface area contributed by atoms with Gasteiger partial charge in [0.15, 0.2) is 0 Å². The second-order valence-electron chi connectivity index (χ2n) is 7.87. The standard InChI is InChI=1S/C25H27ClN2O2/c1-27-13-15-28(16-14-27)24-6-2-5-20-9-10-21(18-23(20)24)25(29)30-17-3-4-19-7-11-22(26)12-8-19/h2,5-12,18H,3-4,13-17H2,1H3. The van der Waals surface area contributed by atoms with Crippen LogP contribution in [0, 0.1) is 0 Å². The first-order chi connectivity index (χ1) is 14.6. The highest BCUT2D eigenvalue weighted by Crippen LogP contribution is 2.29. The number of benzene rings is 3. The van der Waals surface area contributed by atoms with Crippen molar-refractivity contribution in [2.45, 2.75) is 12.8 Å². The van der Waals surface area contributed by atoms with E-state index in [2.05, 4.69) is 35.0 Å². The lowest BCUT2D eigenvalue weighted by Gasteiger charge is -2.34. The number of rotatable bonds is 6. The molecule has 3 aromatic carbocycles. The van der Waals surface area contributed by atoms with Crippen LogP contribution in [0.15, 0.2) is 60.7 Å². The molecule has 1 fully saturated rings. The molecule has 0 atom stereocenters. The molecule has 0 spiro atoms. The van der Waals surface area contributed by atoms with E-state index >= 15 is 0 Å². The van der Waals surface area contributed by atoms with Gasteiger partial charge in [-0.3, -0.25) is 0 Å². The van der Waals surface area contributed by atoms with Crippen molar-refractivity contribution in [3.63, 3.8) is 0 Å². The van der Waals surface area contributed by atoms with Crippen molar-refractivity contribution in [1.82, 2.24) is 4.90 Å². The van der Waals surface area contributed by atoms with Crippen molar-refractivity contribution >= 4 is 34.0 Å². The van der Waals surface area contributed by atoms with Crippen molar-refractivity contribution in [3.8, 4) is 0 Å². The van der Waals surface area contributed by atoms with E-state index in [4.69, 9.17) is 16.3 Å². The maximum Gasteiger partial charge on any atom is 0.338 e. The molecule has 0 bridgehead atoms. The highest BCUT2D eigenvalue weighted by Gasteiger charge is 2.17. The largest absolute Gasteiger partial charge is 0.462 e. The van der Waals surface area contributed by atoms with Crippen molar-refractivity contribution in [1.29, 1.82) is 0 Å². The second-order valence-corrected chi connectivity index (χ2v) is 8.31. The second kappa shape index (κ2) is 9.50. The van der Waals surface area contributed by atoms with Crippen LogP contribution in [0.25, 0.3) is 10.8 Å². The van der Waals surface area contributed by atoms with Gasteiger partial charge in [0.25, 0.3) is 0 Å². The fourth-order valence-electron chi connectivity index (χ4n) is 3.88. The smallest absolute Gasteiger partial charge is 0.338 e.